The Morgan fingerprint density at radius 2 is 1.96 bits per heavy atom. The van der Waals surface area contributed by atoms with Crippen LogP contribution in [0, 0.1) is 0 Å². The maximum Gasteiger partial charge on any atom is 0.331 e. The van der Waals surface area contributed by atoms with E-state index in [0.29, 0.717) is 6.42 Å². The van der Waals surface area contributed by atoms with Crippen LogP contribution in [-0.2, 0) is 16.1 Å². The number of nitrogens with two attached hydrogens (primary N) is 1. The number of ketones is 1. The first kappa shape index (κ1) is 20.2. The zero-order chi connectivity index (χ0) is 19.8. The molecule has 9 heteroatoms. The van der Waals surface area contributed by atoms with Gasteiger partial charge in [0.1, 0.15) is 11.4 Å². The van der Waals surface area contributed by atoms with Crippen molar-refractivity contribution >= 4 is 29.3 Å². The summed E-state index contributed by atoms with van der Waals surface area (Å²) >= 11 is 1.31. The highest BCUT2D eigenvalue weighted by Crippen LogP contribution is 2.17. The number of hydrogen-bond donors (Lipinski definition) is 2. The molecule has 1 aromatic carbocycles. The second-order valence-corrected chi connectivity index (χ2v) is 6.41. The molecule has 3 N–H and O–H groups in total. The number of aromatic amines is 1. The van der Waals surface area contributed by atoms with Crippen LogP contribution in [0.25, 0.3) is 0 Å². The molecule has 0 spiro atoms. The van der Waals surface area contributed by atoms with Crippen molar-refractivity contribution in [3.8, 4) is 0 Å². The van der Waals surface area contributed by atoms with E-state index >= 15 is 0 Å². The normalized spacial score (nSPS) is 10.9. The number of anilines is 1. The number of carbonyl (C=O) groups is 2. The number of thioether (sulfide) groups is 1. The highest BCUT2D eigenvalue weighted by atomic mass is 32.2. The fraction of sp³-hybridized carbons (Fsp3) is 0.222. The molecule has 0 radical (unpaired) electrons. The third kappa shape index (κ3) is 5.45. The lowest BCUT2D eigenvalue weighted by atomic mass is 10.2. The van der Waals surface area contributed by atoms with Gasteiger partial charge >= 0.3 is 11.7 Å². The minimum atomic E-state index is -0.902. The number of carbonyl (C=O) groups excluding carboxylic acids is 2. The quantitative estimate of drug-likeness (QED) is 0.304. The van der Waals surface area contributed by atoms with E-state index in [9.17, 15) is 19.2 Å². The zero-order valence-electron chi connectivity index (χ0n) is 14.6. The predicted molar refractivity (Wildman–Crippen MR) is 103 cm³/mol. The number of nitrogen functional groups attached to an aromatic ring is 1. The van der Waals surface area contributed by atoms with Gasteiger partial charge in [-0.2, -0.15) is 0 Å². The summed E-state index contributed by atoms with van der Waals surface area (Å²) in [7, 11) is 0. The highest BCUT2D eigenvalue weighted by molar-refractivity contribution is 8.02. The van der Waals surface area contributed by atoms with E-state index in [4.69, 9.17) is 10.5 Å². The monoisotopic (exact) mass is 389 g/mol. The molecule has 2 rings (SSSR count). The number of ether oxygens (including phenoxy) is 1. The summed E-state index contributed by atoms with van der Waals surface area (Å²) in [5, 5.41) is 1.53. The van der Waals surface area contributed by atoms with Crippen molar-refractivity contribution in [2.24, 2.45) is 0 Å². The van der Waals surface area contributed by atoms with Gasteiger partial charge in [-0.3, -0.25) is 19.1 Å². The van der Waals surface area contributed by atoms with E-state index in [0.717, 1.165) is 9.46 Å². The maximum atomic E-state index is 12.2. The molecule has 142 valence electrons. The Balaban J connectivity index is 2.01. The number of nitrogens with zero attached hydrogens (tertiary/aromatic N) is 1. The van der Waals surface area contributed by atoms with E-state index in [1.165, 1.54) is 23.2 Å². The number of H-pyrrole nitrogens is 1. The van der Waals surface area contributed by atoms with Gasteiger partial charge in [0.15, 0.2) is 6.61 Å². The lowest BCUT2D eigenvalue weighted by Crippen LogP contribution is -2.37. The number of aromatic nitrogens is 2. The van der Waals surface area contributed by atoms with Gasteiger partial charge in [0, 0.05) is 17.5 Å². The highest BCUT2D eigenvalue weighted by Gasteiger charge is 2.20. The molecule has 0 aliphatic carbocycles. The number of Topliss-reactive ketones (excluding diaryl/α,β-unsaturated/α-hetero) is 1. The number of hydrogen-bond acceptors (Lipinski definition) is 7. The van der Waals surface area contributed by atoms with Gasteiger partial charge in [0.05, 0.1) is 0 Å². The lowest BCUT2D eigenvalue weighted by molar-refractivity contribution is -0.136. The molecular weight excluding hydrogens is 370 g/mol. The topological polar surface area (TPSA) is 124 Å². The Morgan fingerprint density at radius 1 is 1.26 bits per heavy atom. The van der Waals surface area contributed by atoms with E-state index < -0.39 is 35.2 Å². The lowest BCUT2D eigenvalue weighted by Gasteiger charge is -2.10. The first-order valence-corrected chi connectivity index (χ1v) is 9.02. The van der Waals surface area contributed by atoms with Crippen LogP contribution in [0.4, 0.5) is 5.82 Å². The standard InChI is InChI=1S/C18H19N3O5S/c1-2-9-21-16(19)15(17(24)20-18(21)25)13(22)11-26-14(23)8-10-27-12-6-4-3-5-7-12/h3-8,10H,2,9,11,19H2,1H3,(H,20,24,25)/b10-8+. The summed E-state index contributed by atoms with van der Waals surface area (Å²) < 4.78 is 5.96. The van der Waals surface area contributed by atoms with Crippen LogP contribution in [0.15, 0.2) is 56.3 Å². The van der Waals surface area contributed by atoms with Crippen LogP contribution in [0.2, 0.25) is 0 Å². The van der Waals surface area contributed by atoms with Crippen molar-refractivity contribution < 1.29 is 14.3 Å². The molecule has 0 saturated carbocycles. The Kier molecular flexibility index (Phi) is 7.18. The summed E-state index contributed by atoms with van der Waals surface area (Å²) in [5.41, 5.74) is 3.81. The van der Waals surface area contributed by atoms with Gasteiger partial charge in [0.25, 0.3) is 5.56 Å². The average Bonchev–Trinajstić information content (AvgIpc) is 2.64. The Hall–Kier alpha value is -3.07. The van der Waals surface area contributed by atoms with Crippen molar-refractivity contribution in [2.75, 3.05) is 12.3 Å². The molecule has 0 fully saturated rings. The SMILES string of the molecule is CCCn1c(N)c(C(=O)COC(=O)/C=C/Sc2ccccc2)c(=O)[nH]c1=O. The molecule has 1 heterocycles. The molecule has 2 aromatic rings. The van der Waals surface area contributed by atoms with Crippen molar-refractivity contribution in [3.63, 3.8) is 0 Å². The van der Waals surface area contributed by atoms with Gasteiger partial charge in [-0.1, -0.05) is 36.9 Å². The fourth-order valence-electron chi connectivity index (χ4n) is 2.23. The van der Waals surface area contributed by atoms with E-state index in [-0.39, 0.29) is 12.4 Å². The molecule has 0 aliphatic heterocycles. The molecule has 8 nitrogen and oxygen atoms in total. The van der Waals surface area contributed by atoms with Gasteiger partial charge in [-0.15, -0.1) is 0 Å². The predicted octanol–water partition coefficient (Wildman–Crippen LogP) is 1.56. The van der Waals surface area contributed by atoms with Crippen molar-refractivity contribution in [3.05, 3.63) is 68.2 Å². The van der Waals surface area contributed by atoms with Crippen LogP contribution < -0.4 is 17.0 Å². The van der Waals surface area contributed by atoms with Crippen molar-refractivity contribution in [1.29, 1.82) is 0 Å². The van der Waals surface area contributed by atoms with E-state index in [2.05, 4.69) is 0 Å². The summed E-state index contributed by atoms with van der Waals surface area (Å²) in [6, 6.07) is 9.37. The molecule has 0 bridgehead atoms. The Morgan fingerprint density at radius 3 is 2.63 bits per heavy atom. The first-order chi connectivity index (χ1) is 12.9. The fourth-order valence-corrected chi connectivity index (χ4v) is 2.88. The van der Waals surface area contributed by atoms with E-state index in [1.807, 2.05) is 42.2 Å². The summed E-state index contributed by atoms with van der Waals surface area (Å²) in [6.45, 7) is 1.41. The minimum Gasteiger partial charge on any atom is -0.454 e. The molecule has 0 aliphatic rings. The van der Waals surface area contributed by atoms with Crippen molar-refractivity contribution in [2.45, 2.75) is 24.8 Å². The molecule has 27 heavy (non-hydrogen) atoms. The summed E-state index contributed by atoms with van der Waals surface area (Å²) in [6.07, 6.45) is 1.76. The molecule has 0 unspecified atom stereocenters. The third-order valence-electron chi connectivity index (χ3n) is 3.46. The van der Waals surface area contributed by atoms with Crippen molar-refractivity contribution in [1.82, 2.24) is 9.55 Å². The molecule has 0 saturated heterocycles. The van der Waals surface area contributed by atoms with Gasteiger partial charge in [-0.25, -0.2) is 9.59 Å². The largest absolute Gasteiger partial charge is 0.454 e. The first-order valence-electron chi connectivity index (χ1n) is 8.14. The Bertz CT molecular complexity index is 963. The zero-order valence-corrected chi connectivity index (χ0v) is 15.5. The van der Waals surface area contributed by atoms with Crippen LogP contribution >= 0.6 is 11.8 Å². The van der Waals surface area contributed by atoms with Crippen LogP contribution in [0.1, 0.15) is 23.7 Å². The molecule has 1 aromatic heterocycles. The van der Waals surface area contributed by atoms with Crippen LogP contribution in [0.3, 0.4) is 0 Å². The molecular formula is C18H19N3O5S. The minimum absolute atomic E-state index is 0.234. The average molecular weight is 389 g/mol. The van der Waals surface area contributed by atoms with Crippen LogP contribution in [0.5, 0.6) is 0 Å². The summed E-state index contributed by atoms with van der Waals surface area (Å²) in [4.78, 5) is 50.6. The molecule has 0 amide bonds. The van der Waals surface area contributed by atoms with Gasteiger partial charge in [-0.05, 0) is 24.0 Å². The second kappa shape index (κ2) is 9.58. The maximum absolute atomic E-state index is 12.2. The second-order valence-electron chi connectivity index (χ2n) is 5.44. The molecule has 0 atom stereocenters. The Labute approximate surface area is 159 Å². The van der Waals surface area contributed by atoms with Gasteiger partial charge in [0.2, 0.25) is 5.78 Å². The number of esters is 1. The number of rotatable bonds is 8. The smallest absolute Gasteiger partial charge is 0.331 e. The number of nitrogens with one attached hydrogen (secondary N) is 1. The number of benzene rings is 1. The summed E-state index contributed by atoms with van der Waals surface area (Å²) in [5.74, 6) is -1.75. The van der Waals surface area contributed by atoms with E-state index in [1.54, 1.807) is 0 Å². The third-order valence-corrected chi connectivity index (χ3v) is 4.28. The van der Waals surface area contributed by atoms with Gasteiger partial charge < -0.3 is 10.5 Å². The van der Waals surface area contributed by atoms with Crippen LogP contribution in [-0.4, -0.2) is 27.9 Å².